The van der Waals surface area contributed by atoms with Crippen molar-refractivity contribution in [2.24, 2.45) is 0 Å². The number of rotatable bonds is 4. The van der Waals surface area contributed by atoms with Crippen LogP contribution < -0.4 is 5.32 Å². The molecule has 1 N–H and O–H groups in total. The van der Waals surface area contributed by atoms with E-state index in [4.69, 9.17) is 0 Å². The maximum Gasteiger partial charge on any atom is 0.0701 e. The van der Waals surface area contributed by atoms with Crippen molar-refractivity contribution in [2.45, 2.75) is 35.3 Å². The summed E-state index contributed by atoms with van der Waals surface area (Å²) in [5, 5.41) is 6.68. The average Bonchev–Trinajstić information content (AvgIpc) is 2.98. The minimum atomic E-state index is 0.543. The Morgan fingerprint density at radius 2 is 2.26 bits per heavy atom. The molecule has 0 bridgehead atoms. The molecule has 0 spiro atoms. The standard InChI is InChI=1S/C14H16BrNS3/c1-9-8-12(11-5-7-17-14(11)18-9)16-6-4-10-2-3-13(15)19-10/h2-3,5,7,9,12,16H,4,6,8H2,1H3/t9-,12?/m0/s1. The van der Waals surface area contributed by atoms with Crippen molar-refractivity contribution in [3.05, 3.63) is 37.8 Å². The highest BCUT2D eigenvalue weighted by Crippen LogP contribution is 2.43. The largest absolute Gasteiger partial charge is 0.309 e. The Morgan fingerprint density at radius 3 is 3.05 bits per heavy atom. The van der Waals surface area contributed by atoms with Gasteiger partial charge in [-0.25, -0.2) is 0 Å². The number of thiophene rings is 2. The third-order valence-corrected chi connectivity index (χ3v) is 7.33. The normalized spacial score (nSPS) is 22.4. The van der Waals surface area contributed by atoms with Crippen molar-refractivity contribution >= 4 is 50.4 Å². The van der Waals surface area contributed by atoms with E-state index in [1.54, 1.807) is 0 Å². The first-order valence-corrected chi connectivity index (χ1v) is 9.81. The van der Waals surface area contributed by atoms with Crippen LogP contribution in [0.4, 0.5) is 0 Å². The van der Waals surface area contributed by atoms with Crippen LogP contribution in [0.25, 0.3) is 0 Å². The van der Waals surface area contributed by atoms with Gasteiger partial charge < -0.3 is 5.32 Å². The van der Waals surface area contributed by atoms with Gasteiger partial charge in [0, 0.05) is 22.7 Å². The predicted molar refractivity (Wildman–Crippen MR) is 90.7 cm³/mol. The molecule has 0 aliphatic carbocycles. The molecule has 0 radical (unpaired) electrons. The van der Waals surface area contributed by atoms with E-state index >= 15 is 0 Å². The molecule has 0 fully saturated rings. The Hall–Kier alpha value is 0.190. The van der Waals surface area contributed by atoms with E-state index in [9.17, 15) is 0 Å². The predicted octanol–water partition coefficient (Wildman–Crippen LogP) is 5.33. The van der Waals surface area contributed by atoms with Gasteiger partial charge in [-0.1, -0.05) is 6.92 Å². The number of nitrogens with one attached hydrogen (secondary N) is 1. The lowest BCUT2D eigenvalue weighted by Crippen LogP contribution is -2.27. The molecule has 0 aromatic carbocycles. The molecule has 1 nitrogen and oxygen atoms in total. The molecule has 3 rings (SSSR count). The summed E-state index contributed by atoms with van der Waals surface area (Å²) in [6.45, 7) is 3.39. The van der Waals surface area contributed by atoms with Gasteiger partial charge in [0.25, 0.3) is 0 Å². The highest BCUT2D eigenvalue weighted by Gasteiger charge is 2.25. The summed E-state index contributed by atoms with van der Waals surface area (Å²) in [6, 6.07) is 7.18. The van der Waals surface area contributed by atoms with Crippen molar-refractivity contribution in [2.75, 3.05) is 6.54 Å². The molecule has 1 aliphatic heterocycles. The van der Waals surface area contributed by atoms with Gasteiger partial charge in [0.2, 0.25) is 0 Å². The lowest BCUT2D eigenvalue weighted by molar-refractivity contribution is 0.493. The lowest BCUT2D eigenvalue weighted by atomic mass is 10.0. The molecule has 0 saturated heterocycles. The summed E-state index contributed by atoms with van der Waals surface area (Å²) in [6.07, 6.45) is 2.36. The van der Waals surface area contributed by atoms with Crippen LogP contribution in [0.15, 0.2) is 31.6 Å². The minimum absolute atomic E-state index is 0.543. The monoisotopic (exact) mass is 373 g/mol. The van der Waals surface area contributed by atoms with E-state index in [2.05, 4.69) is 51.7 Å². The van der Waals surface area contributed by atoms with Crippen LogP contribution in [-0.2, 0) is 6.42 Å². The SMILES string of the molecule is C[C@H]1CC(NCCc2ccc(Br)s2)c2ccsc2S1. The molecule has 0 amide bonds. The maximum atomic E-state index is 3.74. The molecule has 2 atom stereocenters. The van der Waals surface area contributed by atoms with Crippen molar-refractivity contribution < 1.29 is 0 Å². The quantitative estimate of drug-likeness (QED) is 0.776. The van der Waals surface area contributed by atoms with Gasteiger partial charge in [-0.2, -0.15) is 0 Å². The Labute approximate surface area is 134 Å². The molecule has 3 heterocycles. The van der Waals surface area contributed by atoms with Crippen molar-refractivity contribution in [3.63, 3.8) is 0 Å². The first-order valence-electron chi connectivity index (χ1n) is 6.44. The fourth-order valence-corrected chi connectivity index (χ4v) is 6.45. The smallest absolute Gasteiger partial charge is 0.0701 e. The first-order chi connectivity index (χ1) is 9.22. The van der Waals surface area contributed by atoms with Crippen molar-refractivity contribution in [1.29, 1.82) is 0 Å². The second kappa shape index (κ2) is 6.31. The number of hydrogen-bond acceptors (Lipinski definition) is 4. The molecule has 5 heteroatoms. The van der Waals surface area contributed by atoms with Gasteiger partial charge in [-0.3, -0.25) is 0 Å². The zero-order chi connectivity index (χ0) is 13.2. The second-order valence-electron chi connectivity index (χ2n) is 4.79. The fraction of sp³-hybridized carbons (Fsp3) is 0.429. The van der Waals surface area contributed by atoms with E-state index in [1.165, 1.54) is 24.9 Å². The Balaban J connectivity index is 1.59. The van der Waals surface area contributed by atoms with Gasteiger partial charge in [0.05, 0.1) is 8.00 Å². The number of fused-ring (bicyclic) bond motifs is 1. The van der Waals surface area contributed by atoms with Crippen LogP contribution in [0.2, 0.25) is 0 Å². The van der Waals surface area contributed by atoms with E-state index in [0.29, 0.717) is 6.04 Å². The summed E-state index contributed by atoms with van der Waals surface area (Å²) in [7, 11) is 0. The summed E-state index contributed by atoms with van der Waals surface area (Å²) < 4.78 is 2.74. The molecule has 0 saturated carbocycles. The number of halogens is 1. The maximum absolute atomic E-state index is 3.74. The summed E-state index contributed by atoms with van der Waals surface area (Å²) in [4.78, 5) is 1.45. The third kappa shape index (κ3) is 3.45. The number of thioether (sulfide) groups is 1. The summed E-state index contributed by atoms with van der Waals surface area (Å²) in [5.74, 6) is 0. The molecule has 1 unspecified atom stereocenters. The zero-order valence-corrected chi connectivity index (χ0v) is 14.7. The number of hydrogen-bond donors (Lipinski definition) is 1. The summed E-state index contributed by atoms with van der Waals surface area (Å²) in [5.41, 5.74) is 1.51. The molecule has 19 heavy (non-hydrogen) atoms. The van der Waals surface area contributed by atoms with Crippen LogP contribution in [0.3, 0.4) is 0 Å². The van der Waals surface area contributed by atoms with E-state index < -0.39 is 0 Å². The Morgan fingerprint density at radius 1 is 1.37 bits per heavy atom. The minimum Gasteiger partial charge on any atom is -0.309 e. The average molecular weight is 374 g/mol. The van der Waals surface area contributed by atoms with Gasteiger partial charge in [-0.05, 0) is 57.9 Å². The summed E-state index contributed by atoms with van der Waals surface area (Å²) >= 11 is 9.27. The van der Waals surface area contributed by atoms with Gasteiger partial charge >= 0.3 is 0 Å². The zero-order valence-electron chi connectivity index (χ0n) is 10.7. The fourth-order valence-electron chi connectivity index (χ4n) is 2.40. The van der Waals surface area contributed by atoms with Crippen LogP contribution in [0, 0.1) is 0 Å². The highest BCUT2D eigenvalue weighted by atomic mass is 79.9. The molecule has 102 valence electrons. The Bertz CT molecular complexity index is 548. The van der Waals surface area contributed by atoms with Crippen LogP contribution in [0.5, 0.6) is 0 Å². The first kappa shape index (κ1) is 14.1. The topological polar surface area (TPSA) is 12.0 Å². The molecular formula is C14H16BrNS3. The van der Waals surface area contributed by atoms with E-state index in [0.717, 1.165) is 18.2 Å². The lowest BCUT2D eigenvalue weighted by Gasteiger charge is -2.27. The van der Waals surface area contributed by atoms with Gasteiger partial charge in [0.15, 0.2) is 0 Å². The van der Waals surface area contributed by atoms with E-state index in [-0.39, 0.29) is 0 Å². The highest BCUT2D eigenvalue weighted by molar-refractivity contribution is 9.11. The van der Waals surface area contributed by atoms with Crippen molar-refractivity contribution in [3.8, 4) is 0 Å². The Kier molecular flexibility index (Phi) is 4.70. The van der Waals surface area contributed by atoms with Gasteiger partial charge in [-0.15, -0.1) is 34.4 Å². The second-order valence-corrected chi connectivity index (χ2v) is 9.96. The van der Waals surface area contributed by atoms with Crippen molar-refractivity contribution in [1.82, 2.24) is 5.32 Å². The molecule has 2 aromatic heterocycles. The third-order valence-electron chi connectivity index (χ3n) is 3.30. The van der Waals surface area contributed by atoms with E-state index in [1.807, 2.05) is 34.4 Å². The molecule has 1 aliphatic rings. The van der Waals surface area contributed by atoms with Crippen LogP contribution in [0.1, 0.15) is 29.8 Å². The van der Waals surface area contributed by atoms with Crippen LogP contribution in [-0.4, -0.2) is 11.8 Å². The van der Waals surface area contributed by atoms with Crippen LogP contribution >= 0.6 is 50.4 Å². The van der Waals surface area contributed by atoms with Gasteiger partial charge in [0.1, 0.15) is 0 Å². The molecular weight excluding hydrogens is 358 g/mol. The molecule has 2 aromatic rings.